The van der Waals surface area contributed by atoms with Crippen LogP contribution in [0.1, 0.15) is 5.56 Å². The molecule has 0 aromatic heterocycles. The lowest BCUT2D eigenvalue weighted by Gasteiger charge is -2.03. The number of rotatable bonds is 2. The van der Waals surface area contributed by atoms with E-state index in [1.54, 1.807) is 0 Å². The Labute approximate surface area is 83.6 Å². The van der Waals surface area contributed by atoms with Crippen molar-refractivity contribution in [1.82, 2.24) is 0 Å². The van der Waals surface area contributed by atoms with Crippen LogP contribution in [0.15, 0.2) is 35.3 Å². The molecule has 0 N–H and O–H groups in total. The predicted molar refractivity (Wildman–Crippen MR) is 56.2 cm³/mol. The molecule has 0 spiro atoms. The maximum Gasteiger partial charge on any atom is 0.263 e. The molecule has 0 aliphatic carbocycles. The van der Waals surface area contributed by atoms with Crippen molar-refractivity contribution >= 4 is 5.90 Å². The van der Waals surface area contributed by atoms with Gasteiger partial charge in [-0.25, -0.2) is 4.99 Å². The van der Waals surface area contributed by atoms with Gasteiger partial charge in [0, 0.05) is 0 Å². The van der Waals surface area contributed by atoms with E-state index < -0.39 is 0 Å². The third-order valence-electron chi connectivity index (χ3n) is 2.15. The molecule has 0 fully saturated rings. The van der Waals surface area contributed by atoms with E-state index in [9.17, 15) is 0 Å². The van der Waals surface area contributed by atoms with Gasteiger partial charge in [0.25, 0.3) is 5.90 Å². The number of ether oxygens (including phenoxy) is 1. The Kier molecular flexibility index (Phi) is 2.51. The normalized spacial score (nSPS) is 19.6. The highest BCUT2D eigenvalue weighted by atomic mass is 16.5. The molecule has 1 unspecified atom stereocenters. The molecule has 2 nitrogen and oxygen atoms in total. The summed E-state index contributed by atoms with van der Waals surface area (Å²) in [6, 6.07) is 10.4. The van der Waals surface area contributed by atoms with Gasteiger partial charge in [-0.2, -0.15) is 0 Å². The monoisotopic (exact) mass is 185 g/mol. The second kappa shape index (κ2) is 3.97. The van der Waals surface area contributed by atoms with Gasteiger partial charge in [-0.3, -0.25) is 0 Å². The van der Waals surface area contributed by atoms with Crippen LogP contribution in [0.25, 0.3) is 0 Å². The quantitative estimate of drug-likeness (QED) is 0.642. The highest BCUT2D eigenvalue weighted by molar-refractivity contribution is 5.94. The van der Waals surface area contributed by atoms with Crippen molar-refractivity contribution in [2.24, 2.45) is 4.99 Å². The highest BCUT2D eigenvalue weighted by Gasteiger charge is 2.17. The van der Waals surface area contributed by atoms with Crippen molar-refractivity contribution in [2.75, 3.05) is 6.61 Å². The van der Waals surface area contributed by atoms with Gasteiger partial charge in [0.1, 0.15) is 6.61 Å². The summed E-state index contributed by atoms with van der Waals surface area (Å²) in [6.45, 7) is 0.606. The Morgan fingerprint density at radius 2 is 2.21 bits per heavy atom. The lowest BCUT2D eigenvalue weighted by Crippen LogP contribution is -2.09. The molecule has 1 aliphatic heterocycles. The van der Waals surface area contributed by atoms with Crippen LogP contribution in [-0.2, 0) is 11.2 Å². The minimum absolute atomic E-state index is 0.184. The first-order valence-electron chi connectivity index (χ1n) is 4.59. The number of terminal acetylenes is 1. The first-order valence-corrected chi connectivity index (χ1v) is 4.59. The molecule has 0 amide bonds. The molecule has 2 heteroatoms. The van der Waals surface area contributed by atoms with Gasteiger partial charge >= 0.3 is 0 Å². The zero-order valence-electron chi connectivity index (χ0n) is 7.81. The molecule has 70 valence electrons. The predicted octanol–water partition coefficient (Wildman–Crippen LogP) is 1.66. The van der Waals surface area contributed by atoms with Crippen molar-refractivity contribution in [2.45, 2.75) is 12.5 Å². The van der Waals surface area contributed by atoms with Crippen LogP contribution in [0.3, 0.4) is 0 Å². The van der Waals surface area contributed by atoms with Gasteiger partial charge in [-0.15, -0.1) is 6.42 Å². The third-order valence-corrected chi connectivity index (χ3v) is 2.15. The summed E-state index contributed by atoms with van der Waals surface area (Å²) in [5, 5.41) is 0. The van der Waals surface area contributed by atoms with Crippen LogP contribution in [0.5, 0.6) is 0 Å². The Morgan fingerprint density at radius 1 is 1.43 bits per heavy atom. The molecule has 0 radical (unpaired) electrons. The Balaban J connectivity index is 2.01. The Bertz CT molecular complexity index is 375. The lowest BCUT2D eigenvalue weighted by molar-refractivity contribution is 0.319. The van der Waals surface area contributed by atoms with Gasteiger partial charge < -0.3 is 4.74 Å². The van der Waals surface area contributed by atoms with Crippen molar-refractivity contribution < 1.29 is 4.74 Å². The van der Waals surface area contributed by atoms with E-state index in [0.29, 0.717) is 12.5 Å². The molecule has 2 rings (SSSR count). The minimum atomic E-state index is 0.184. The van der Waals surface area contributed by atoms with Crippen LogP contribution in [-0.4, -0.2) is 18.5 Å². The summed E-state index contributed by atoms with van der Waals surface area (Å²) in [7, 11) is 0. The first kappa shape index (κ1) is 8.83. The number of benzene rings is 1. The number of hydrogen-bond acceptors (Lipinski definition) is 2. The number of hydrogen-bond donors (Lipinski definition) is 0. The van der Waals surface area contributed by atoms with Crippen LogP contribution in [0.2, 0.25) is 0 Å². The fraction of sp³-hybridized carbons (Fsp3) is 0.250. The molecule has 14 heavy (non-hydrogen) atoms. The third kappa shape index (κ3) is 1.94. The fourth-order valence-corrected chi connectivity index (χ4v) is 1.49. The van der Waals surface area contributed by atoms with Gasteiger partial charge in [-0.1, -0.05) is 30.3 Å². The van der Waals surface area contributed by atoms with Crippen molar-refractivity contribution in [3.05, 3.63) is 35.9 Å². The standard InChI is InChI=1S/C12H11NO/c1-2-12-13-11(9-14-12)8-10-6-4-3-5-7-10/h1,3-7,11H,8-9H2. The van der Waals surface area contributed by atoms with E-state index in [1.807, 2.05) is 18.2 Å². The summed E-state index contributed by atoms with van der Waals surface area (Å²) in [6.07, 6.45) is 6.08. The molecule has 0 saturated carbocycles. The van der Waals surface area contributed by atoms with Gasteiger partial charge in [0.15, 0.2) is 0 Å². The number of aliphatic imine (C=N–C) groups is 1. The maximum atomic E-state index is 5.20. The smallest absolute Gasteiger partial charge is 0.263 e. The van der Waals surface area contributed by atoms with Crippen LogP contribution in [0, 0.1) is 12.3 Å². The van der Waals surface area contributed by atoms with Gasteiger partial charge in [-0.05, 0) is 17.9 Å². The lowest BCUT2D eigenvalue weighted by atomic mass is 10.1. The molecule has 1 atom stereocenters. The SMILES string of the molecule is C#CC1=NC(Cc2ccccc2)CO1. The van der Waals surface area contributed by atoms with E-state index in [4.69, 9.17) is 11.2 Å². The number of nitrogens with zero attached hydrogens (tertiary/aromatic N) is 1. The zero-order valence-corrected chi connectivity index (χ0v) is 7.81. The Hall–Kier alpha value is -1.75. The van der Waals surface area contributed by atoms with Crippen molar-refractivity contribution in [1.29, 1.82) is 0 Å². The molecule has 1 heterocycles. The summed E-state index contributed by atoms with van der Waals surface area (Å²) in [5.74, 6) is 2.84. The average Bonchev–Trinajstić information content (AvgIpc) is 2.67. The summed E-state index contributed by atoms with van der Waals surface area (Å²) >= 11 is 0. The van der Waals surface area contributed by atoms with E-state index in [0.717, 1.165) is 6.42 Å². The first-order chi connectivity index (χ1) is 6.88. The molecule has 0 bridgehead atoms. The summed E-state index contributed by atoms with van der Waals surface area (Å²) < 4.78 is 5.20. The van der Waals surface area contributed by atoms with Crippen molar-refractivity contribution in [3.8, 4) is 12.3 Å². The van der Waals surface area contributed by atoms with E-state index in [2.05, 4.69) is 23.0 Å². The molecular weight excluding hydrogens is 174 g/mol. The second-order valence-corrected chi connectivity index (χ2v) is 3.23. The van der Waals surface area contributed by atoms with E-state index in [1.165, 1.54) is 5.56 Å². The minimum Gasteiger partial charge on any atom is -0.469 e. The van der Waals surface area contributed by atoms with E-state index in [-0.39, 0.29) is 6.04 Å². The van der Waals surface area contributed by atoms with Gasteiger partial charge in [0.05, 0.1) is 6.04 Å². The largest absolute Gasteiger partial charge is 0.469 e. The molecule has 1 aromatic rings. The van der Waals surface area contributed by atoms with Crippen LogP contribution >= 0.6 is 0 Å². The zero-order chi connectivity index (χ0) is 9.80. The maximum absolute atomic E-state index is 5.20. The molecule has 1 aromatic carbocycles. The fourth-order valence-electron chi connectivity index (χ4n) is 1.49. The van der Waals surface area contributed by atoms with E-state index >= 15 is 0 Å². The molecular formula is C12H11NO. The summed E-state index contributed by atoms with van der Waals surface area (Å²) in [5.41, 5.74) is 1.27. The van der Waals surface area contributed by atoms with Gasteiger partial charge in [0.2, 0.25) is 0 Å². The highest BCUT2D eigenvalue weighted by Crippen LogP contribution is 2.11. The van der Waals surface area contributed by atoms with Crippen LogP contribution < -0.4 is 0 Å². The van der Waals surface area contributed by atoms with Crippen molar-refractivity contribution in [3.63, 3.8) is 0 Å². The second-order valence-electron chi connectivity index (χ2n) is 3.23. The molecule has 1 aliphatic rings. The Morgan fingerprint density at radius 3 is 2.86 bits per heavy atom. The van der Waals surface area contributed by atoms with Crippen LogP contribution in [0.4, 0.5) is 0 Å². The average molecular weight is 185 g/mol. The molecule has 0 saturated heterocycles. The summed E-state index contributed by atoms with van der Waals surface area (Å²) in [4.78, 5) is 4.26. The topological polar surface area (TPSA) is 21.6 Å².